The number of methoxy groups -OCH3 is 2. The van der Waals surface area contributed by atoms with Crippen molar-refractivity contribution >= 4 is 35.0 Å². The van der Waals surface area contributed by atoms with E-state index in [2.05, 4.69) is 49.6 Å². The molecule has 2 aromatic rings. The van der Waals surface area contributed by atoms with Gasteiger partial charge in [0.2, 0.25) is 11.9 Å². The molecule has 0 unspecified atom stereocenters. The van der Waals surface area contributed by atoms with E-state index in [-0.39, 0.29) is 29.9 Å². The quantitative estimate of drug-likeness (QED) is 0.439. The number of allylic oxidation sites excluding steroid dienone is 1. The molecule has 44 heavy (non-hydrogen) atoms. The highest BCUT2D eigenvalue weighted by Crippen LogP contribution is 2.40. The van der Waals surface area contributed by atoms with E-state index < -0.39 is 0 Å². The van der Waals surface area contributed by atoms with Crippen LogP contribution in [0.2, 0.25) is 0 Å². The van der Waals surface area contributed by atoms with Crippen LogP contribution >= 0.6 is 0 Å². The average molecular weight is 607 g/mol. The van der Waals surface area contributed by atoms with Crippen LogP contribution in [0.25, 0.3) is 0 Å². The van der Waals surface area contributed by atoms with Crippen molar-refractivity contribution in [3.05, 3.63) is 36.2 Å². The normalized spacial score (nSPS) is 20.2. The number of benzene rings is 1. The Balaban J connectivity index is 1.42. The summed E-state index contributed by atoms with van der Waals surface area (Å²) in [4.78, 5) is 44.7. The molecule has 2 N–H and O–H groups in total. The number of carbonyl (C=O) groups excluding carboxylic acids is 2. The van der Waals surface area contributed by atoms with Gasteiger partial charge in [0.1, 0.15) is 23.2 Å². The molecule has 1 aromatic heterocycles. The molecule has 1 atom stereocenters. The zero-order chi connectivity index (χ0) is 31.4. The maximum atomic E-state index is 13.4. The Kier molecular flexibility index (Phi) is 9.77. The lowest BCUT2D eigenvalue weighted by Gasteiger charge is -2.46. The number of amides is 2. The zero-order valence-electron chi connectivity index (χ0n) is 26.8. The first-order valence-electron chi connectivity index (χ1n) is 15.6. The first kappa shape index (κ1) is 31.4. The fraction of sp³-hybridized carbons (Fsp3) is 0.562. The molecular formula is C32H46N8O4. The van der Waals surface area contributed by atoms with Crippen molar-refractivity contribution in [3.8, 4) is 11.5 Å². The summed E-state index contributed by atoms with van der Waals surface area (Å²) in [7, 11) is 6.99. The van der Waals surface area contributed by atoms with Crippen LogP contribution in [0.1, 0.15) is 56.3 Å². The Morgan fingerprint density at radius 1 is 1.05 bits per heavy atom. The minimum Gasteiger partial charge on any atom is -0.496 e. The van der Waals surface area contributed by atoms with Gasteiger partial charge in [0.25, 0.3) is 5.91 Å². The van der Waals surface area contributed by atoms with Gasteiger partial charge in [-0.2, -0.15) is 4.98 Å². The highest BCUT2D eigenvalue weighted by atomic mass is 16.5. The van der Waals surface area contributed by atoms with Crippen LogP contribution in [-0.2, 0) is 4.79 Å². The Morgan fingerprint density at radius 3 is 2.39 bits per heavy atom. The minimum absolute atomic E-state index is 0.0562. The predicted octanol–water partition coefficient (Wildman–Crippen LogP) is 3.62. The highest BCUT2D eigenvalue weighted by Gasteiger charge is 2.41. The van der Waals surface area contributed by atoms with Gasteiger partial charge in [0, 0.05) is 38.3 Å². The summed E-state index contributed by atoms with van der Waals surface area (Å²) < 4.78 is 11.4. The van der Waals surface area contributed by atoms with E-state index in [0.29, 0.717) is 40.8 Å². The standard InChI is InChI=1S/C32H46N8O4/c1-7-13-39-16-11-22(12-17-39)40-25(8-2)31(42)38(4)26-20-33-32(36-29(26)40)35-24-19-27(43-5)23(18-28(24)44-6)30(41)34-21-9-14-37(3)15-10-21/h7,13,18-22,25H,8-12,14-17H2,1-6H3,(H,34,41)(H,33,35,36)/t25-/m1/s1. The van der Waals surface area contributed by atoms with Crippen molar-refractivity contribution in [3.63, 3.8) is 0 Å². The molecule has 12 nitrogen and oxygen atoms in total. The predicted molar refractivity (Wildman–Crippen MR) is 172 cm³/mol. The molecule has 238 valence electrons. The largest absolute Gasteiger partial charge is 0.496 e. The second-order valence-electron chi connectivity index (χ2n) is 11.8. The van der Waals surface area contributed by atoms with E-state index in [0.717, 1.165) is 57.7 Å². The number of nitrogens with one attached hydrogen (secondary N) is 2. The first-order valence-corrected chi connectivity index (χ1v) is 15.6. The summed E-state index contributed by atoms with van der Waals surface area (Å²) in [5.74, 6) is 1.85. The molecule has 3 aliphatic rings. The van der Waals surface area contributed by atoms with E-state index in [4.69, 9.17) is 14.5 Å². The zero-order valence-corrected chi connectivity index (χ0v) is 26.8. The Bertz CT molecular complexity index is 1370. The molecule has 2 amide bonds. The molecule has 2 saturated heterocycles. The van der Waals surface area contributed by atoms with Crippen LogP contribution in [0.5, 0.6) is 11.5 Å². The van der Waals surface area contributed by atoms with Crippen molar-refractivity contribution in [1.29, 1.82) is 0 Å². The smallest absolute Gasteiger partial charge is 0.255 e. The fourth-order valence-corrected chi connectivity index (χ4v) is 6.49. The minimum atomic E-state index is -0.300. The number of fused-ring (bicyclic) bond motifs is 1. The molecule has 0 bridgehead atoms. The van der Waals surface area contributed by atoms with Gasteiger partial charge in [-0.25, -0.2) is 4.98 Å². The second kappa shape index (κ2) is 13.7. The third-order valence-corrected chi connectivity index (χ3v) is 9.01. The van der Waals surface area contributed by atoms with Crippen LogP contribution in [-0.4, -0.2) is 104 Å². The topological polar surface area (TPSA) is 115 Å². The lowest BCUT2D eigenvalue weighted by molar-refractivity contribution is -0.120. The van der Waals surface area contributed by atoms with Crippen LogP contribution in [0.3, 0.4) is 0 Å². The van der Waals surface area contributed by atoms with Crippen LogP contribution in [0, 0.1) is 0 Å². The van der Waals surface area contributed by atoms with E-state index in [1.54, 1.807) is 44.5 Å². The summed E-state index contributed by atoms with van der Waals surface area (Å²) in [6.07, 6.45) is 10.2. The van der Waals surface area contributed by atoms with Crippen molar-refractivity contribution < 1.29 is 19.1 Å². The Labute approximate surface area is 260 Å². The number of ether oxygens (including phenoxy) is 2. The van der Waals surface area contributed by atoms with Gasteiger partial charge in [-0.05, 0) is 71.4 Å². The number of rotatable bonds is 9. The van der Waals surface area contributed by atoms with Gasteiger partial charge in [0.15, 0.2) is 5.82 Å². The lowest BCUT2D eigenvalue weighted by atomic mass is 9.97. The highest BCUT2D eigenvalue weighted by molar-refractivity contribution is 6.04. The van der Waals surface area contributed by atoms with Crippen molar-refractivity contribution in [2.75, 3.05) is 69.6 Å². The second-order valence-corrected chi connectivity index (χ2v) is 11.8. The van der Waals surface area contributed by atoms with E-state index in [1.807, 2.05) is 13.8 Å². The molecule has 0 aliphatic carbocycles. The maximum Gasteiger partial charge on any atom is 0.255 e. The van der Waals surface area contributed by atoms with Crippen molar-refractivity contribution in [2.45, 2.75) is 64.1 Å². The Hall–Kier alpha value is -4.06. The summed E-state index contributed by atoms with van der Waals surface area (Å²) >= 11 is 0. The van der Waals surface area contributed by atoms with Gasteiger partial charge >= 0.3 is 0 Å². The number of hydrogen-bond donors (Lipinski definition) is 2. The number of anilines is 4. The Morgan fingerprint density at radius 2 is 1.75 bits per heavy atom. The SMILES string of the molecule is CC=CN1CCC(N2c3nc(Nc4cc(OC)c(C(=O)NC5CCN(C)CC5)cc4OC)ncc3N(C)C(=O)[C@H]2CC)CC1. The lowest BCUT2D eigenvalue weighted by Crippen LogP contribution is -2.58. The third kappa shape index (κ3) is 6.40. The fourth-order valence-electron chi connectivity index (χ4n) is 6.49. The maximum absolute atomic E-state index is 13.4. The van der Waals surface area contributed by atoms with Crippen LogP contribution < -0.4 is 29.9 Å². The van der Waals surface area contributed by atoms with E-state index >= 15 is 0 Å². The van der Waals surface area contributed by atoms with Gasteiger partial charge in [-0.15, -0.1) is 0 Å². The number of aromatic nitrogens is 2. The van der Waals surface area contributed by atoms with E-state index in [1.165, 1.54) is 0 Å². The van der Waals surface area contributed by atoms with Gasteiger partial charge in [-0.1, -0.05) is 13.0 Å². The molecule has 0 radical (unpaired) electrons. The molecule has 4 heterocycles. The summed E-state index contributed by atoms with van der Waals surface area (Å²) in [6, 6.07) is 3.42. The van der Waals surface area contributed by atoms with Crippen LogP contribution in [0.4, 0.5) is 23.1 Å². The van der Waals surface area contributed by atoms with Crippen molar-refractivity contribution in [1.82, 2.24) is 25.1 Å². The molecule has 12 heteroatoms. The summed E-state index contributed by atoms with van der Waals surface area (Å²) in [6.45, 7) is 7.82. The number of likely N-dealkylation sites (tertiary alicyclic amines) is 2. The number of piperidine rings is 2. The molecular weight excluding hydrogens is 560 g/mol. The molecule has 2 fully saturated rings. The van der Waals surface area contributed by atoms with E-state index in [9.17, 15) is 9.59 Å². The molecule has 3 aliphatic heterocycles. The summed E-state index contributed by atoms with van der Waals surface area (Å²) in [5, 5.41) is 6.45. The third-order valence-electron chi connectivity index (χ3n) is 9.01. The van der Waals surface area contributed by atoms with Crippen LogP contribution in [0.15, 0.2) is 30.6 Å². The number of hydrogen-bond acceptors (Lipinski definition) is 10. The van der Waals surface area contributed by atoms with Crippen molar-refractivity contribution in [2.24, 2.45) is 0 Å². The van der Waals surface area contributed by atoms with Gasteiger partial charge in [-0.3, -0.25) is 9.59 Å². The molecule has 1 aromatic carbocycles. The average Bonchev–Trinajstić information content (AvgIpc) is 3.04. The molecule has 0 spiro atoms. The number of carbonyl (C=O) groups is 2. The summed E-state index contributed by atoms with van der Waals surface area (Å²) in [5.41, 5.74) is 1.66. The molecule has 5 rings (SSSR count). The molecule has 0 saturated carbocycles. The number of likely N-dealkylation sites (N-methyl/N-ethyl adjacent to an activating group) is 1. The van der Waals surface area contributed by atoms with Gasteiger partial charge < -0.3 is 39.7 Å². The monoisotopic (exact) mass is 606 g/mol. The van der Waals surface area contributed by atoms with Gasteiger partial charge in [0.05, 0.1) is 31.7 Å². The number of nitrogens with zero attached hydrogens (tertiary/aromatic N) is 6. The first-order chi connectivity index (χ1) is 21.3.